The summed E-state index contributed by atoms with van der Waals surface area (Å²) in [5.41, 5.74) is 1.24. The van der Waals surface area contributed by atoms with Gasteiger partial charge in [-0.1, -0.05) is 25.0 Å². The van der Waals surface area contributed by atoms with Gasteiger partial charge >= 0.3 is 0 Å². The van der Waals surface area contributed by atoms with Crippen LogP contribution < -0.4 is 9.47 Å². The highest BCUT2D eigenvalue weighted by Crippen LogP contribution is 2.36. The Morgan fingerprint density at radius 2 is 1.77 bits per heavy atom. The molecule has 0 bridgehead atoms. The molecule has 0 aromatic heterocycles. The van der Waals surface area contributed by atoms with Crippen LogP contribution in [0.5, 0.6) is 11.5 Å². The maximum Gasteiger partial charge on any atom is 0.231 e. The fourth-order valence-electron chi connectivity index (χ4n) is 3.86. The van der Waals surface area contributed by atoms with Gasteiger partial charge in [0.2, 0.25) is 6.79 Å². The molecule has 1 saturated carbocycles. The zero-order valence-electron chi connectivity index (χ0n) is 13.1. The molecule has 1 aromatic rings. The SMILES string of the molecule is c1cc(CN2CCC(OC3CCCC3)CC2)c2c(c1)OCO2. The molecule has 0 amide bonds. The zero-order valence-corrected chi connectivity index (χ0v) is 13.1. The van der Waals surface area contributed by atoms with Gasteiger partial charge in [0.15, 0.2) is 11.5 Å². The van der Waals surface area contributed by atoms with Crippen LogP contribution in [0.1, 0.15) is 44.1 Å². The fraction of sp³-hybridized carbons (Fsp3) is 0.667. The molecule has 2 heterocycles. The first-order valence-electron chi connectivity index (χ1n) is 8.64. The molecule has 22 heavy (non-hydrogen) atoms. The average molecular weight is 303 g/mol. The minimum absolute atomic E-state index is 0.351. The number of para-hydroxylation sites is 1. The first kappa shape index (κ1) is 14.3. The second-order valence-electron chi connectivity index (χ2n) is 6.67. The highest BCUT2D eigenvalue weighted by Gasteiger charge is 2.26. The highest BCUT2D eigenvalue weighted by atomic mass is 16.7. The van der Waals surface area contributed by atoms with Gasteiger partial charge in [0.25, 0.3) is 0 Å². The van der Waals surface area contributed by atoms with Crippen LogP contribution in [0.15, 0.2) is 18.2 Å². The molecule has 0 unspecified atom stereocenters. The number of nitrogens with zero attached hydrogens (tertiary/aromatic N) is 1. The summed E-state index contributed by atoms with van der Waals surface area (Å²) in [6.45, 7) is 3.52. The van der Waals surface area contributed by atoms with E-state index in [2.05, 4.69) is 17.0 Å². The Labute approximate surface area is 132 Å². The third kappa shape index (κ3) is 3.08. The molecular formula is C18H25NO3. The lowest BCUT2D eigenvalue weighted by Crippen LogP contribution is -2.37. The lowest BCUT2D eigenvalue weighted by Gasteiger charge is -2.33. The van der Waals surface area contributed by atoms with E-state index in [1.165, 1.54) is 31.2 Å². The largest absolute Gasteiger partial charge is 0.454 e. The molecule has 0 atom stereocenters. The van der Waals surface area contributed by atoms with Crippen molar-refractivity contribution in [1.82, 2.24) is 4.90 Å². The van der Waals surface area contributed by atoms with E-state index in [4.69, 9.17) is 14.2 Å². The normalized spacial score (nSPS) is 23.3. The number of hydrogen-bond acceptors (Lipinski definition) is 4. The fourth-order valence-corrected chi connectivity index (χ4v) is 3.86. The van der Waals surface area contributed by atoms with Crippen LogP contribution in [0.4, 0.5) is 0 Å². The van der Waals surface area contributed by atoms with Gasteiger partial charge in [0.1, 0.15) is 0 Å². The Hall–Kier alpha value is -1.26. The standard InChI is InChI=1S/C18H25NO3/c1-2-6-15(5-1)22-16-8-10-19(11-9-16)12-14-4-3-7-17-18(14)21-13-20-17/h3-4,7,15-16H,1-2,5-6,8-13H2. The second-order valence-corrected chi connectivity index (χ2v) is 6.67. The van der Waals surface area contributed by atoms with Crippen molar-refractivity contribution in [2.24, 2.45) is 0 Å². The smallest absolute Gasteiger partial charge is 0.231 e. The van der Waals surface area contributed by atoms with Crippen molar-refractivity contribution in [3.63, 3.8) is 0 Å². The summed E-state index contributed by atoms with van der Waals surface area (Å²) < 4.78 is 17.3. The number of likely N-dealkylation sites (tertiary alicyclic amines) is 1. The lowest BCUT2D eigenvalue weighted by molar-refractivity contribution is -0.0400. The Morgan fingerprint density at radius 1 is 1.00 bits per heavy atom. The molecule has 1 saturated heterocycles. The Kier molecular flexibility index (Phi) is 4.22. The summed E-state index contributed by atoms with van der Waals surface area (Å²) in [5.74, 6) is 1.82. The number of hydrogen-bond donors (Lipinski definition) is 0. The molecule has 2 fully saturated rings. The molecule has 0 spiro atoms. The third-order valence-electron chi connectivity index (χ3n) is 5.09. The minimum Gasteiger partial charge on any atom is -0.454 e. The van der Waals surface area contributed by atoms with E-state index in [1.807, 2.05) is 6.07 Å². The maximum absolute atomic E-state index is 6.25. The molecule has 2 aliphatic heterocycles. The van der Waals surface area contributed by atoms with E-state index in [0.717, 1.165) is 44.0 Å². The Bertz CT molecular complexity index is 505. The predicted molar refractivity (Wildman–Crippen MR) is 84.2 cm³/mol. The van der Waals surface area contributed by atoms with Crippen LogP contribution in [0, 0.1) is 0 Å². The van der Waals surface area contributed by atoms with Crippen LogP contribution in [-0.4, -0.2) is 37.0 Å². The van der Waals surface area contributed by atoms with Crippen molar-refractivity contribution >= 4 is 0 Å². The minimum atomic E-state index is 0.351. The molecule has 0 radical (unpaired) electrons. The Balaban J connectivity index is 1.30. The summed E-state index contributed by atoms with van der Waals surface area (Å²) in [5, 5.41) is 0. The Morgan fingerprint density at radius 3 is 2.59 bits per heavy atom. The summed E-state index contributed by atoms with van der Waals surface area (Å²) in [6, 6.07) is 6.18. The van der Waals surface area contributed by atoms with Crippen LogP contribution >= 0.6 is 0 Å². The van der Waals surface area contributed by atoms with Crippen LogP contribution in [0.25, 0.3) is 0 Å². The van der Waals surface area contributed by atoms with Crippen LogP contribution in [0.3, 0.4) is 0 Å². The van der Waals surface area contributed by atoms with Crippen molar-refractivity contribution in [2.45, 2.75) is 57.3 Å². The molecular weight excluding hydrogens is 278 g/mol. The number of fused-ring (bicyclic) bond motifs is 1. The van der Waals surface area contributed by atoms with Gasteiger partial charge < -0.3 is 14.2 Å². The van der Waals surface area contributed by atoms with Gasteiger partial charge in [0.05, 0.1) is 12.2 Å². The lowest BCUT2D eigenvalue weighted by atomic mass is 10.1. The molecule has 120 valence electrons. The topological polar surface area (TPSA) is 30.9 Å². The van der Waals surface area contributed by atoms with Crippen molar-refractivity contribution in [3.05, 3.63) is 23.8 Å². The van der Waals surface area contributed by atoms with E-state index in [-0.39, 0.29) is 0 Å². The van der Waals surface area contributed by atoms with Gasteiger partial charge in [-0.3, -0.25) is 4.90 Å². The number of benzene rings is 1. The first-order chi connectivity index (χ1) is 10.9. The van der Waals surface area contributed by atoms with E-state index in [0.29, 0.717) is 19.0 Å². The van der Waals surface area contributed by atoms with Crippen molar-refractivity contribution in [2.75, 3.05) is 19.9 Å². The molecule has 1 aliphatic carbocycles. The maximum atomic E-state index is 6.25. The van der Waals surface area contributed by atoms with Gasteiger partial charge in [0, 0.05) is 25.2 Å². The van der Waals surface area contributed by atoms with Gasteiger partial charge in [-0.25, -0.2) is 0 Å². The number of rotatable bonds is 4. The summed E-state index contributed by atoms with van der Waals surface area (Å²) in [6.07, 6.45) is 8.57. The molecule has 4 rings (SSSR count). The van der Waals surface area contributed by atoms with E-state index < -0.39 is 0 Å². The van der Waals surface area contributed by atoms with E-state index >= 15 is 0 Å². The predicted octanol–water partition coefficient (Wildman–Crippen LogP) is 3.34. The van der Waals surface area contributed by atoms with Crippen molar-refractivity contribution in [1.29, 1.82) is 0 Å². The van der Waals surface area contributed by atoms with Gasteiger partial charge in [-0.2, -0.15) is 0 Å². The van der Waals surface area contributed by atoms with Gasteiger partial charge in [-0.15, -0.1) is 0 Å². The number of piperidine rings is 1. The third-order valence-corrected chi connectivity index (χ3v) is 5.09. The van der Waals surface area contributed by atoms with Crippen molar-refractivity contribution < 1.29 is 14.2 Å². The summed E-state index contributed by atoms with van der Waals surface area (Å²) in [7, 11) is 0. The van der Waals surface area contributed by atoms with Crippen molar-refractivity contribution in [3.8, 4) is 11.5 Å². The zero-order chi connectivity index (χ0) is 14.8. The quantitative estimate of drug-likeness (QED) is 0.853. The van der Waals surface area contributed by atoms with E-state index in [1.54, 1.807) is 0 Å². The van der Waals surface area contributed by atoms with E-state index in [9.17, 15) is 0 Å². The van der Waals surface area contributed by atoms with Gasteiger partial charge in [-0.05, 0) is 31.7 Å². The van der Waals surface area contributed by atoms with Crippen LogP contribution in [0.2, 0.25) is 0 Å². The summed E-state index contributed by atoms with van der Waals surface area (Å²) in [4.78, 5) is 2.51. The molecule has 4 heteroatoms. The summed E-state index contributed by atoms with van der Waals surface area (Å²) >= 11 is 0. The first-order valence-corrected chi connectivity index (χ1v) is 8.64. The highest BCUT2D eigenvalue weighted by molar-refractivity contribution is 5.48. The van der Waals surface area contributed by atoms with Crippen LogP contribution in [-0.2, 0) is 11.3 Å². The second kappa shape index (κ2) is 6.47. The molecule has 3 aliphatic rings. The monoisotopic (exact) mass is 303 g/mol. The molecule has 0 N–H and O–H groups in total. The molecule has 4 nitrogen and oxygen atoms in total. The number of ether oxygens (including phenoxy) is 3. The molecule has 1 aromatic carbocycles. The average Bonchev–Trinajstić information content (AvgIpc) is 3.21.